The Bertz CT molecular complexity index is 332. The van der Waals surface area contributed by atoms with E-state index in [0.29, 0.717) is 13.0 Å². The Balaban J connectivity index is 2.19. The van der Waals surface area contributed by atoms with Crippen LogP contribution in [0.2, 0.25) is 0 Å². The van der Waals surface area contributed by atoms with Crippen LogP contribution in [0.15, 0.2) is 0 Å². The Morgan fingerprint density at radius 3 is 2.69 bits per heavy atom. The summed E-state index contributed by atoms with van der Waals surface area (Å²) in [5, 5.41) is 0. The molecule has 0 aromatic heterocycles. The number of Topliss-reactive ketones (excluding diaryl/α,β-unsaturated/α-hetero) is 1. The molecule has 90 valence electrons. The number of carbonyl (C=O) groups is 2. The normalized spacial score (nSPS) is 33.9. The first-order valence-corrected chi connectivity index (χ1v) is 5.98. The third-order valence-electron chi connectivity index (χ3n) is 3.52. The number of quaternary nitrogens is 1. The highest BCUT2D eigenvalue weighted by Crippen LogP contribution is 2.36. The molecule has 2 saturated heterocycles. The lowest BCUT2D eigenvalue weighted by Crippen LogP contribution is -2.55. The number of ether oxygens (including phenoxy) is 1. The van der Waals surface area contributed by atoms with Crippen LogP contribution in [0.25, 0.3) is 0 Å². The maximum atomic E-state index is 12.2. The summed E-state index contributed by atoms with van der Waals surface area (Å²) in [6.07, 6.45) is 2.12. The summed E-state index contributed by atoms with van der Waals surface area (Å²) in [6, 6.07) is -0.116. The molecule has 16 heavy (non-hydrogen) atoms. The number of ketones is 1. The van der Waals surface area contributed by atoms with Crippen molar-refractivity contribution < 1.29 is 18.8 Å². The van der Waals surface area contributed by atoms with Crippen LogP contribution >= 0.6 is 0 Å². The summed E-state index contributed by atoms with van der Waals surface area (Å²) in [6.45, 7) is 7.01. The maximum absolute atomic E-state index is 12.2. The van der Waals surface area contributed by atoms with Crippen LogP contribution in [0.1, 0.15) is 40.0 Å². The second-order valence-electron chi connectivity index (χ2n) is 5.84. The topological polar surface area (TPSA) is 43.4 Å². The molecule has 0 aliphatic carbocycles. The van der Waals surface area contributed by atoms with E-state index in [4.69, 9.17) is 4.74 Å². The van der Waals surface area contributed by atoms with Gasteiger partial charge in [-0.25, -0.2) is 4.48 Å². The average molecular weight is 226 g/mol. The van der Waals surface area contributed by atoms with Crippen molar-refractivity contribution in [3.05, 3.63) is 0 Å². The number of hydrogen-bond donors (Lipinski definition) is 0. The van der Waals surface area contributed by atoms with Crippen molar-refractivity contribution in [2.24, 2.45) is 0 Å². The molecule has 2 rings (SSSR count). The molecule has 0 radical (unpaired) electrons. The van der Waals surface area contributed by atoms with Gasteiger partial charge < -0.3 is 4.74 Å². The van der Waals surface area contributed by atoms with Crippen molar-refractivity contribution in [1.82, 2.24) is 0 Å². The third-order valence-corrected chi connectivity index (χ3v) is 3.52. The Labute approximate surface area is 96.1 Å². The first-order valence-electron chi connectivity index (χ1n) is 5.98. The number of hydrogen-bond acceptors (Lipinski definition) is 3. The van der Waals surface area contributed by atoms with Gasteiger partial charge in [-0.05, 0) is 20.8 Å². The number of nitrogens with zero attached hydrogens (tertiary/aromatic N) is 1. The predicted octanol–water partition coefficient (Wildman–Crippen LogP) is 1.87. The number of carbonyl (C=O) groups excluding carboxylic acids is 2. The van der Waals surface area contributed by atoms with E-state index in [1.165, 1.54) is 0 Å². The minimum atomic E-state index is -0.469. The van der Waals surface area contributed by atoms with E-state index < -0.39 is 5.60 Å². The van der Waals surface area contributed by atoms with Gasteiger partial charge in [0.15, 0.2) is 11.8 Å². The van der Waals surface area contributed by atoms with Crippen molar-refractivity contribution in [1.29, 1.82) is 0 Å². The lowest BCUT2D eigenvalue weighted by molar-refractivity contribution is -0.852. The molecule has 2 heterocycles. The van der Waals surface area contributed by atoms with E-state index in [9.17, 15) is 9.59 Å². The second kappa shape index (κ2) is 3.55. The molecule has 0 aromatic carbocycles. The van der Waals surface area contributed by atoms with E-state index in [2.05, 4.69) is 0 Å². The molecule has 0 aromatic rings. The van der Waals surface area contributed by atoms with E-state index in [0.717, 1.165) is 19.4 Å². The first kappa shape index (κ1) is 11.6. The fraction of sp³-hybridized carbons (Fsp3) is 0.833. The molecule has 0 saturated carbocycles. The van der Waals surface area contributed by atoms with Crippen molar-refractivity contribution in [2.75, 3.05) is 13.1 Å². The number of amides is 1. The summed E-state index contributed by atoms with van der Waals surface area (Å²) in [7, 11) is 0. The standard InChI is InChI=1S/C12H20NO3/c1-12(2,3)16-11(15)13-7-4-5-9(13)10(14)6-8-13/h9H,4-8H2,1-3H3/q+1. The summed E-state index contributed by atoms with van der Waals surface area (Å²) in [5.41, 5.74) is -0.469. The fourth-order valence-electron chi connectivity index (χ4n) is 2.81. The summed E-state index contributed by atoms with van der Waals surface area (Å²) < 4.78 is 5.72. The van der Waals surface area contributed by atoms with Crippen molar-refractivity contribution in [2.45, 2.75) is 51.7 Å². The van der Waals surface area contributed by atoms with Crippen LogP contribution in [-0.4, -0.2) is 41.1 Å². The molecular weight excluding hydrogens is 206 g/mol. The zero-order valence-corrected chi connectivity index (χ0v) is 10.3. The average Bonchev–Trinajstić information content (AvgIpc) is 2.65. The molecule has 2 atom stereocenters. The van der Waals surface area contributed by atoms with E-state index in [1.807, 2.05) is 20.8 Å². The van der Waals surface area contributed by atoms with E-state index >= 15 is 0 Å². The van der Waals surface area contributed by atoms with Gasteiger partial charge in [0.1, 0.15) is 5.60 Å². The molecule has 4 heteroatoms. The first-order chi connectivity index (χ1) is 7.35. The van der Waals surface area contributed by atoms with Crippen molar-refractivity contribution in [3.63, 3.8) is 0 Å². The summed E-state index contributed by atoms with van der Waals surface area (Å²) >= 11 is 0. The van der Waals surface area contributed by atoms with Gasteiger partial charge in [-0.2, -0.15) is 4.79 Å². The largest absolute Gasteiger partial charge is 0.517 e. The van der Waals surface area contributed by atoms with Gasteiger partial charge in [0.25, 0.3) is 0 Å². The van der Waals surface area contributed by atoms with Gasteiger partial charge in [0.2, 0.25) is 0 Å². The second-order valence-corrected chi connectivity index (χ2v) is 5.84. The van der Waals surface area contributed by atoms with E-state index in [-0.39, 0.29) is 22.4 Å². The number of fused-ring (bicyclic) bond motifs is 1. The van der Waals surface area contributed by atoms with Crippen LogP contribution < -0.4 is 0 Å². The Kier molecular flexibility index (Phi) is 2.57. The molecule has 2 fully saturated rings. The van der Waals surface area contributed by atoms with Gasteiger partial charge in [0, 0.05) is 12.8 Å². The SMILES string of the molecule is CC(C)(C)OC(=O)[N+]12CCCC1C(=O)CC2. The lowest BCUT2D eigenvalue weighted by atomic mass is 10.1. The highest BCUT2D eigenvalue weighted by Gasteiger charge is 2.57. The van der Waals surface area contributed by atoms with Gasteiger partial charge in [-0.1, -0.05) is 0 Å². The van der Waals surface area contributed by atoms with Crippen molar-refractivity contribution >= 4 is 11.9 Å². The molecule has 2 unspecified atom stereocenters. The van der Waals surface area contributed by atoms with Crippen LogP contribution in [0.5, 0.6) is 0 Å². The molecule has 0 bridgehead atoms. The quantitative estimate of drug-likeness (QED) is 0.592. The monoisotopic (exact) mass is 226 g/mol. The molecule has 1 amide bonds. The molecule has 2 aliphatic rings. The van der Waals surface area contributed by atoms with Gasteiger partial charge in [-0.3, -0.25) is 4.79 Å². The van der Waals surface area contributed by atoms with Gasteiger partial charge in [0.05, 0.1) is 19.5 Å². The minimum absolute atomic E-state index is 0.116. The Morgan fingerprint density at radius 2 is 2.06 bits per heavy atom. The van der Waals surface area contributed by atoms with Crippen LogP contribution in [-0.2, 0) is 9.53 Å². The Hall–Kier alpha value is -0.900. The molecule has 0 N–H and O–H groups in total. The maximum Gasteiger partial charge on any atom is 0.517 e. The highest BCUT2D eigenvalue weighted by molar-refractivity contribution is 5.87. The molecule has 2 aliphatic heterocycles. The Morgan fingerprint density at radius 1 is 1.38 bits per heavy atom. The number of rotatable bonds is 0. The molecular formula is C12H20NO3+. The molecule has 0 spiro atoms. The third kappa shape index (κ3) is 1.75. The predicted molar refractivity (Wildman–Crippen MR) is 58.9 cm³/mol. The van der Waals surface area contributed by atoms with Crippen LogP contribution in [0.4, 0.5) is 4.79 Å². The zero-order valence-electron chi connectivity index (χ0n) is 10.3. The van der Waals surface area contributed by atoms with Crippen LogP contribution in [0, 0.1) is 0 Å². The highest BCUT2D eigenvalue weighted by atomic mass is 16.6. The summed E-state index contributed by atoms with van der Waals surface area (Å²) in [4.78, 5) is 23.9. The summed E-state index contributed by atoms with van der Waals surface area (Å²) in [5.74, 6) is 0.239. The lowest BCUT2D eigenvalue weighted by Gasteiger charge is -2.32. The van der Waals surface area contributed by atoms with Gasteiger partial charge in [-0.15, -0.1) is 0 Å². The minimum Gasteiger partial charge on any atom is -0.414 e. The molecule has 4 nitrogen and oxygen atoms in total. The zero-order chi connectivity index (χ0) is 12.0. The fourth-order valence-corrected chi connectivity index (χ4v) is 2.81. The smallest absolute Gasteiger partial charge is 0.414 e. The van der Waals surface area contributed by atoms with Gasteiger partial charge >= 0.3 is 6.09 Å². The van der Waals surface area contributed by atoms with Crippen LogP contribution in [0.3, 0.4) is 0 Å². The van der Waals surface area contributed by atoms with E-state index in [1.54, 1.807) is 0 Å². The van der Waals surface area contributed by atoms with Crippen molar-refractivity contribution in [3.8, 4) is 0 Å².